The van der Waals surface area contributed by atoms with Crippen molar-refractivity contribution in [2.75, 3.05) is 32.7 Å². The fraction of sp³-hybridized carbons (Fsp3) is 0.667. The highest BCUT2D eigenvalue weighted by Crippen LogP contribution is 2.20. The molecule has 14 heavy (non-hydrogen) atoms. The van der Waals surface area contributed by atoms with Crippen LogP contribution in [0.2, 0.25) is 0 Å². The van der Waals surface area contributed by atoms with E-state index in [0.29, 0.717) is 0 Å². The van der Waals surface area contributed by atoms with Crippen molar-refractivity contribution in [3.05, 3.63) is 15.5 Å². The van der Waals surface area contributed by atoms with Crippen molar-refractivity contribution >= 4 is 27.5 Å². The van der Waals surface area contributed by atoms with Crippen molar-refractivity contribution in [1.29, 1.82) is 0 Å². The molecule has 0 amide bonds. The third-order valence-corrected chi connectivity index (χ3v) is 4.26. The number of piperazine rings is 1. The minimum Gasteiger partial charge on any atom is -0.314 e. The Labute approximate surface area is 96.8 Å². The minimum absolute atomic E-state index is 1.12. The van der Waals surface area contributed by atoms with Gasteiger partial charge in [-0.25, -0.2) is 0 Å². The lowest BCUT2D eigenvalue weighted by Gasteiger charge is -2.26. The van der Waals surface area contributed by atoms with Gasteiger partial charge in [-0.3, -0.25) is 0 Å². The van der Waals surface area contributed by atoms with Crippen LogP contribution in [0.1, 0.15) is 4.88 Å². The number of rotatable bonds is 3. The molecule has 1 aliphatic rings. The Kier molecular flexibility index (Phi) is 3.92. The normalized spacial score (nSPS) is 18.6. The van der Waals surface area contributed by atoms with Gasteiger partial charge >= 0.3 is 0 Å². The summed E-state index contributed by atoms with van der Waals surface area (Å²) in [7, 11) is 0. The first kappa shape index (κ1) is 10.5. The van der Waals surface area contributed by atoms with E-state index in [1.165, 1.54) is 18.0 Å². The van der Waals surface area contributed by atoms with Gasteiger partial charge in [0.2, 0.25) is 0 Å². The maximum atomic E-state index is 4.15. The highest BCUT2D eigenvalue weighted by atomic mass is 79.9. The van der Waals surface area contributed by atoms with Gasteiger partial charge in [0.15, 0.2) is 0 Å². The van der Waals surface area contributed by atoms with Crippen LogP contribution in [0.15, 0.2) is 10.7 Å². The molecule has 0 bridgehead atoms. The fourth-order valence-corrected chi connectivity index (χ4v) is 2.87. The fourth-order valence-electron chi connectivity index (χ4n) is 1.61. The standard InChI is InChI=1S/C9H14BrN3S/c10-8-7-12-14-9(8)1-4-13-5-2-11-3-6-13/h7,11H,1-6H2. The largest absolute Gasteiger partial charge is 0.314 e. The van der Waals surface area contributed by atoms with E-state index in [2.05, 4.69) is 30.5 Å². The van der Waals surface area contributed by atoms with Gasteiger partial charge in [-0.2, -0.15) is 4.37 Å². The lowest BCUT2D eigenvalue weighted by Crippen LogP contribution is -2.44. The van der Waals surface area contributed by atoms with Crippen molar-refractivity contribution in [3.8, 4) is 0 Å². The average Bonchev–Trinajstić information content (AvgIpc) is 2.63. The first-order valence-corrected chi connectivity index (χ1v) is 6.45. The van der Waals surface area contributed by atoms with Crippen LogP contribution in [0.5, 0.6) is 0 Å². The zero-order valence-electron chi connectivity index (χ0n) is 8.00. The Hall–Kier alpha value is 0.0300. The van der Waals surface area contributed by atoms with Gasteiger partial charge < -0.3 is 10.2 Å². The molecule has 78 valence electrons. The molecule has 1 aromatic heterocycles. The van der Waals surface area contributed by atoms with Gasteiger partial charge in [-0.05, 0) is 33.9 Å². The third-order valence-electron chi connectivity index (χ3n) is 2.46. The number of aromatic nitrogens is 1. The van der Waals surface area contributed by atoms with Crippen molar-refractivity contribution < 1.29 is 0 Å². The van der Waals surface area contributed by atoms with Gasteiger partial charge in [-0.15, -0.1) is 0 Å². The van der Waals surface area contributed by atoms with Crippen LogP contribution in [0, 0.1) is 0 Å². The SMILES string of the molecule is Brc1cnsc1CCN1CCNCC1. The maximum Gasteiger partial charge on any atom is 0.0552 e. The monoisotopic (exact) mass is 275 g/mol. The lowest BCUT2D eigenvalue weighted by atomic mass is 10.3. The Balaban J connectivity index is 1.79. The summed E-state index contributed by atoms with van der Waals surface area (Å²) in [5, 5.41) is 3.36. The summed E-state index contributed by atoms with van der Waals surface area (Å²) in [6.45, 7) is 5.77. The second kappa shape index (κ2) is 5.21. The Morgan fingerprint density at radius 1 is 1.50 bits per heavy atom. The van der Waals surface area contributed by atoms with Crippen LogP contribution in [-0.2, 0) is 6.42 Å². The summed E-state index contributed by atoms with van der Waals surface area (Å²) in [4.78, 5) is 3.87. The van der Waals surface area contributed by atoms with E-state index in [1.807, 2.05) is 6.20 Å². The van der Waals surface area contributed by atoms with Crippen molar-refractivity contribution in [2.45, 2.75) is 6.42 Å². The quantitative estimate of drug-likeness (QED) is 0.903. The van der Waals surface area contributed by atoms with E-state index in [0.717, 1.165) is 30.5 Å². The summed E-state index contributed by atoms with van der Waals surface area (Å²) in [6, 6.07) is 0. The van der Waals surface area contributed by atoms with Crippen LogP contribution in [0.25, 0.3) is 0 Å². The van der Waals surface area contributed by atoms with Gasteiger partial charge in [-0.1, -0.05) is 0 Å². The minimum atomic E-state index is 1.12. The van der Waals surface area contributed by atoms with E-state index < -0.39 is 0 Å². The maximum absolute atomic E-state index is 4.15. The van der Waals surface area contributed by atoms with Gasteiger partial charge in [0.05, 0.1) is 10.7 Å². The molecule has 0 atom stereocenters. The molecule has 0 aliphatic carbocycles. The van der Waals surface area contributed by atoms with E-state index in [1.54, 1.807) is 11.5 Å². The van der Waals surface area contributed by atoms with Crippen molar-refractivity contribution in [1.82, 2.24) is 14.6 Å². The molecule has 1 fully saturated rings. The smallest absolute Gasteiger partial charge is 0.0552 e. The van der Waals surface area contributed by atoms with Gasteiger partial charge in [0.1, 0.15) is 0 Å². The molecule has 5 heteroatoms. The second-order valence-electron chi connectivity index (χ2n) is 3.44. The molecule has 0 aromatic carbocycles. The molecule has 0 radical (unpaired) electrons. The summed E-state index contributed by atoms with van der Waals surface area (Å²) < 4.78 is 5.31. The number of nitrogens with one attached hydrogen (secondary N) is 1. The molecule has 1 saturated heterocycles. The average molecular weight is 276 g/mol. The molecule has 1 N–H and O–H groups in total. The predicted molar refractivity (Wildman–Crippen MR) is 62.8 cm³/mol. The van der Waals surface area contributed by atoms with E-state index in [4.69, 9.17) is 0 Å². The first-order valence-electron chi connectivity index (χ1n) is 4.88. The zero-order valence-corrected chi connectivity index (χ0v) is 10.4. The molecule has 0 saturated carbocycles. The van der Waals surface area contributed by atoms with E-state index >= 15 is 0 Å². The lowest BCUT2D eigenvalue weighted by molar-refractivity contribution is 0.244. The van der Waals surface area contributed by atoms with Crippen LogP contribution in [-0.4, -0.2) is 42.0 Å². The second-order valence-corrected chi connectivity index (χ2v) is 5.18. The molecule has 2 heterocycles. The number of nitrogens with zero attached hydrogens (tertiary/aromatic N) is 2. The number of hydrogen-bond acceptors (Lipinski definition) is 4. The summed E-state index contributed by atoms with van der Waals surface area (Å²) >= 11 is 5.11. The Morgan fingerprint density at radius 3 is 2.93 bits per heavy atom. The number of halogens is 1. The van der Waals surface area contributed by atoms with Crippen molar-refractivity contribution in [3.63, 3.8) is 0 Å². The summed E-state index contributed by atoms with van der Waals surface area (Å²) in [5.74, 6) is 0. The van der Waals surface area contributed by atoms with Crippen LogP contribution >= 0.6 is 27.5 Å². The topological polar surface area (TPSA) is 28.2 Å². The van der Waals surface area contributed by atoms with Gasteiger partial charge in [0.25, 0.3) is 0 Å². The zero-order chi connectivity index (χ0) is 9.80. The molecule has 1 aliphatic heterocycles. The van der Waals surface area contributed by atoms with E-state index in [9.17, 15) is 0 Å². The molecular weight excluding hydrogens is 262 g/mol. The Morgan fingerprint density at radius 2 is 2.29 bits per heavy atom. The van der Waals surface area contributed by atoms with Gasteiger partial charge in [0, 0.05) is 37.6 Å². The molecule has 2 rings (SSSR count). The van der Waals surface area contributed by atoms with Crippen LogP contribution in [0.4, 0.5) is 0 Å². The third kappa shape index (κ3) is 2.76. The summed E-state index contributed by atoms with van der Waals surface area (Å²) in [6.07, 6.45) is 3.00. The molecule has 0 spiro atoms. The molecular formula is C9H14BrN3S. The van der Waals surface area contributed by atoms with Crippen LogP contribution in [0.3, 0.4) is 0 Å². The molecule has 1 aromatic rings. The number of hydrogen-bond donors (Lipinski definition) is 1. The van der Waals surface area contributed by atoms with Crippen molar-refractivity contribution in [2.24, 2.45) is 0 Å². The first-order chi connectivity index (χ1) is 6.86. The Bertz CT molecular complexity index is 283. The summed E-state index contributed by atoms with van der Waals surface area (Å²) in [5.41, 5.74) is 0. The van der Waals surface area contributed by atoms with E-state index in [-0.39, 0.29) is 0 Å². The predicted octanol–water partition coefficient (Wildman–Crippen LogP) is 1.35. The highest BCUT2D eigenvalue weighted by Gasteiger charge is 2.10. The molecule has 3 nitrogen and oxygen atoms in total. The van der Waals surface area contributed by atoms with Crippen LogP contribution < -0.4 is 5.32 Å². The molecule has 0 unspecified atom stereocenters. The highest BCUT2D eigenvalue weighted by molar-refractivity contribution is 9.10.